The molecular weight excluding hydrogens is 347 g/mol. The lowest BCUT2D eigenvalue weighted by Gasteiger charge is -2.28. The van der Waals surface area contributed by atoms with Gasteiger partial charge in [-0.15, -0.1) is 0 Å². The first kappa shape index (κ1) is 19.3. The molecule has 0 radical (unpaired) electrons. The van der Waals surface area contributed by atoms with Gasteiger partial charge in [-0.2, -0.15) is 5.10 Å². The lowest BCUT2D eigenvalue weighted by molar-refractivity contribution is -0.133. The molecule has 27 heavy (non-hydrogen) atoms. The molecule has 1 aliphatic rings. The van der Waals surface area contributed by atoms with Crippen molar-refractivity contribution in [3.05, 3.63) is 52.0 Å². The van der Waals surface area contributed by atoms with E-state index in [1.165, 1.54) is 16.8 Å². The summed E-state index contributed by atoms with van der Waals surface area (Å²) in [7, 11) is 0. The predicted molar refractivity (Wildman–Crippen MR) is 101 cm³/mol. The first-order valence-corrected chi connectivity index (χ1v) is 9.75. The molecule has 0 spiro atoms. The highest BCUT2D eigenvalue weighted by atomic mass is 19.1. The van der Waals surface area contributed by atoms with Crippen LogP contribution in [-0.2, 0) is 17.9 Å². The lowest BCUT2D eigenvalue weighted by Crippen LogP contribution is -2.39. The second kappa shape index (κ2) is 8.50. The van der Waals surface area contributed by atoms with Gasteiger partial charge >= 0.3 is 5.69 Å². The van der Waals surface area contributed by atoms with Gasteiger partial charge in [-0.25, -0.2) is 13.9 Å². The highest BCUT2D eigenvalue weighted by molar-refractivity contribution is 5.83. The number of likely N-dealkylation sites (N-methyl/N-ethyl adjacent to an activating group) is 1. The molecule has 0 N–H and O–H groups in total. The van der Waals surface area contributed by atoms with Gasteiger partial charge in [0.05, 0.1) is 12.5 Å². The standard InChI is InChI=1S/C20H27FN4O2/c1-3-5-11-23(4-2)19(26)17-10-7-12-24-18(17)22-25(20(24)27)14-15-8-6-9-16(21)13-15/h6,8-9,13,17H,3-5,7,10-12,14H2,1-2H3. The largest absolute Gasteiger partial charge is 0.346 e. The van der Waals surface area contributed by atoms with Gasteiger partial charge in [-0.1, -0.05) is 25.5 Å². The van der Waals surface area contributed by atoms with Crippen molar-refractivity contribution < 1.29 is 9.18 Å². The number of unbranched alkanes of at least 4 members (excludes halogenated alkanes) is 1. The highest BCUT2D eigenvalue weighted by Gasteiger charge is 2.33. The Hall–Kier alpha value is -2.44. The van der Waals surface area contributed by atoms with Crippen LogP contribution in [0.25, 0.3) is 0 Å². The fourth-order valence-electron chi connectivity index (χ4n) is 3.65. The molecule has 1 aromatic heterocycles. The van der Waals surface area contributed by atoms with E-state index in [2.05, 4.69) is 12.0 Å². The van der Waals surface area contributed by atoms with Crippen LogP contribution >= 0.6 is 0 Å². The lowest BCUT2D eigenvalue weighted by atomic mass is 9.97. The van der Waals surface area contributed by atoms with E-state index in [1.54, 1.807) is 16.7 Å². The maximum Gasteiger partial charge on any atom is 0.346 e. The number of halogens is 1. The fraction of sp³-hybridized carbons (Fsp3) is 0.550. The van der Waals surface area contributed by atoms with Crippen molar-refractivity contribution in [1.29, 1.82) is 0 Å². The van der Waals surface area contributed by atoms with Gasteiger partial charge in [-0.05, 0) is 43.9 Å². The minimum absolute atomic E-state index is 0.0507. The summed E-state index contributed by atoms with van der Waals surface area (Å²) in [5, 5.41) is 4.47. The van der Waals surface area contributed by atoms with Crippen molar-refractivity contribution in [2.45, 2.75) is 58.5 Å². The molecule has 6 nitrogen and oxygen atoms in total. The average Bonchev–Trinajstić information content (AvgIpc) is 2.98. The number of aromatic nitrogens is 3. The average molecular weight is 374 g/mol. The number of hydrogen-bond acceptors (Lipinski definition) is 3. The maximum absolute atomic E-state index is 13.4. The van der Waals surface area contributed by atoms with Gasteiger partial charge in [-0.3, -0.25) is 9.36 Å². The number of carbonyl (C=O) groups excluding carboxylic acids is 1. The molecule has 1 unspecified atom stereocenters. The summed E-state index contributed by atoms with van der Waals surface area (Å²) in [5.74, 6) is -0.124. The Morgan fingerprint density at radius 1 is 1.37 bits per heavy atom. The third-order valence-corrected chi connectivity index (χ3v) is 5.13. The molecule has 1 amide bonds. The van der Waals surface area contributed by atoms with Gasteiger partial charge in [0.1, 0.15) is 11.6 Å². The molecule has 146 valence electrons. The smallest absolute Gasteiger partial charge is 0.342 e. The minimum Gasteiger partial charge on any atom is -0.342 e. The summed E-state index contributed by atoms with van der Waals surface area (Å²) >= 11 is 0. The molecule has 1 aliphatic heterocycles. The number of fused-ring (bicyclic) bond motifs is 1. The molecule has 0 fully saturated rings. The van der Waals surface area contributed by atoms with Crippen LogP contribution in [0, 0.1) is 5.82 Å². The Balaban J connectivity index is 1.87. The fourth-order valence-corrected chi connectivity index (χ4v) is 3.65. The summed E-state index contributed by atoms with van der Waals surface area (Å²) in [4.78, 5) is 27.6. The Bertz CT molecular complexity index is 858. The number of amides is 1. The Morgan fingerprint density at radius 3 is 2.89 bits per heavy atom. The van der Waals surface area contributed by atoms with E-state index in [0.29, 0.717) is 30.9 Å². The first-order valence-electron chi connectivity index (χ1n) is 9.75. The van der Waals surface area contributed by atoms with Crippen LogP contribution in [-0.4, -0.2) is 38.2 Å². The molecule has 1 atom stereocenters. The van der Waals surface area contributed by atoms with E-state index < -0.39 is 0 Å². The van der Waals surface area contributed by atoms with Crippen molar-refractivity contribution in [1.82, 2.24) is 19.2 Å². The van der Waals surface area contributed by atoms with Crippen LogP contribution in [0.2, 0.25) is 0 Å². The van der Waals surface area contributed by atoms with Crippen LogP contribution < -0.4 is 5.69 Å². The van der Waals surface area contributed by atoms with Crippen molar-refractivity contribution in [3.8, 4) is 0 Å². The molecule has 0 aliphatic carbocycles. The molecule has 1 aromatic carbocycles. The van der Waals surface area contributed by atoms with E-state index in [4.69, 9.17) is 0 Å². The molecule has 7 heteroatoms. The van der Waals surface area contributed by atoms with Crippen LogP contribution in [0.4, 0.5) is 4.39 Å². The van der Waals surface area contributed by atoms with Crippen molar-refractivity contribution >= 4 is 5.91 Å². The second-order valence-corrected chi connectivity index (χ2v) is 7.05. The normalized spacial score (nSPS) is 16.2. The molecule has 2 aromatic rings. The zero-order valence-electron chi connectivity index (χ0n) is 16.0. The van der Waals surface area contributed by atoms with Crippen LogP contribution in [0.3, 0.4) is 0 Å². The molecule has 0 saturated heterocycles. The Morgan fingerprint density at radius 2 is 2.19 bits per heavy atom. The number of nitrogens with zero attached hydrogens (tertiary/aromatic N) is 4. The van der Waals surface area contributed by atoms with E-state index in [9.17, 15) is 14.0 Å². The molecular formula is C20H27FN4O2. The van der Waals surface area contributed by atoms with Gasteiger partial charge in [0.25, 0.3) is 0 Å². The van der Waals surface area contributed by atoms with Crippen LogP contribution in [0.5, 0.6) is 0 Å². The second-order valence-electron chi connectivity index (χ2n) is 7.05. The predicted octanol–water partition coefficient (Wildman–Crippen LogP) is 2.76. The number of rotatable bonds is 7. The van der Waals surface area contributed by atoms with E-state index in [1.807, 2.05) is 11.8 Å². The monoisotopic (exact) mass is 374 g/mol. The summed E-state index contributed by atoms with van der Waals surface area (Å²) < 4.78 is 16.4. The number of carbonyl (C=O) groups is 1. The summed E-state index contributed by atoms with van der Waals surface area (Å²) in [6.45, 7) is 6.24. The van der Waals surface area contributed by atoms with Gasteiger partial charge in [0.2, 0.25) is 5.91 Å². The number of benzene rings is 1. The SMILES string of the molecule is CCCCN(CC)C(=O)C1CCCn2c1nn(Cc1cccc(F)c1)c2=O. The zero-order valence-corrected chi connectivity index (χ0v) is 16.0. The number of hydrogen-bond donors (Lipinski definition) is 0. The zero-order chi connectivity index (χ0) is 19.4. The van der Waals surface area contributed by atoms with Crippen molar-refractivity contribution in [2.24, 2.45) is 0 Å². The quantitative estimate of drug-likeness (QED) is 0.749. The molecule has 0 bridgehead atoms. The van der Waals surface area contributed by atoms with Crippen LogP contribution in [0.15, 0.2) is 29.1 Å². The van der Waals surface area contributed by atoms with Gasteiger partial charge in [0, 0.05) is 19.6 Å². The maximum atomic E-state index is 13.4. The Labute approximate surface area is 158 Å². The topological polar surface area (TPSA) is 60.1 Å². The van der Waals surface area contributed by atoms with Gasteiger partial charge in [0.15, 0.2) is 0 Å². The third kappa shape index (κ3) is 4.12. The summed E-state index contributed by atoms with van der Waals surface area (Å²) in [5.41, 5.74) is 0.442. The van der Waals surface area contributed by atoms with E-state index in [-0.39, 0.29) is 29.9 Å². The molecule has 0 saturated carbocycles. The van der Waals surface area contributed by atoms with E-state index >= 15 is 0 Å². The van der Waals surface area contributed by atoms with E-state index in [0.717, 1.165) is 25.8 Å². The minimum atomic E-state index is -0.378. The first-order chi connectivity index (χ1) is 13.0. The van der Waals surface area contributed by atoms with Gasteiger partial charge < -0.3 is 4.90 Å². The Kier molecular flexibility index (Phi) is 6.08. The molecule has 3 rings (SSSR count). The summed E-state index contributed by atoms with van der Waals surface area (Å²) in [6, 6.07) is 6.15. The molecule has 2 heterocycles. The highest BCUT2D eigenvalue weighted by Crippen LogP contribution is 2.26. The van der Waals surface area contributed by atoms with Crippen LogP contribution in [0.1, 0.15) is 56.8 Å². The summed E-state index contributed by atoms with van der Waals surface area (Å²) in [6.07, 6.45) is 3.48. The third-order valence-electron chi connectivity index (χ3n) is 5.13. The van der Waals surface area contributed by atoms with Crippen molar-refractivity contribution in [2.75, 3.05) is 13.1 Å². The van der Waals surface area contributed by atoms with Crippen molar-refractivity contribution in [3.63, 3.8) is 0 Å².